The van der Waals surface area contributed by atoms with Crippen molar-refractivity contribution >= 4 is 46.0 Å². The van der Waals surface area contributed by atoms with Gasteiger partial charge < -0.3 is 26.2 Å². The number of fused-ring (bicyclic) bond motifs is 2. The topological polar surface area (TPSA) is 173 Å². The van der Waals surface area contributed by atoms with Crippen molar-refractivity contribution in [2.75, 3.05) is 12.3 Å². The van der Waals surface area contributed by atoms with E-state index in [4.69, 9.17) is 10.5 Å². The zero-order chi connectivity index (χ0) is 27.4. The quantitative estimate of drug-likeness (QED) is 0.188. The molecule has 0 aliphatic carbocycles. The molecular formula is C24H35N5O6S2. The van der Waals surface area contributed by atoms with E-state index in [0.29, 0.717) is 30.1 Å². The lowest BCUT2D eigenvalue weighted by Crippen LogP contribution is -2.51. The van der Waals surface area contributed by atoms with Crippen LogP contribution in [0.1, 0.15) is 55.5 Å². The molecule has 0 spiro atoms. The van der Waals surface area contributed by atoms with Crippen molar-refractivity contribution in [1.82, 2.24) is 20.9 Å². The second-order valence-corrected chi connectivity index (χ2v) is 10.6. The maximum Gasteiger partial charge on any atom is 0.324 e. The fraction of sp³-hybridized carbons (Fsp3) is 0.542. The van der Waals surface area contributed by atoms with Gasteiger partial charge in [-0.15, -0.1) is 11.3 Å². The van der Waals surface area contributed by atoms with E-state index in [1.807, 2.05) is 0 Å². The third-order valence-electron chi connectivity index (χ3n) is 5.24. The minimum atomic E-state index is -1.36. The number of ether oxygens (including phenoxy) is 1. The molecule has 0 saturated heterocycles. The highest BCUT2D eigenvalue weighted by molar-refractivity contribution is 8.13. The molecule has 0 fully saturated rings. The highest BCUT2D eigenvalue weighted by Gasteiger charge is 2.30. The van der Waals surface area contributed by atoms with Gasteiger partial charge in [-0.25, -0.2) is 4.98 Å². The van der Waals surface area contributed by atoms with Gasteiger partial charge >= 0.3 is 5.97 Å². The Morgan fingerprint density at radius 3 is 2.81 bits per heavy atom. The number of carbonyl (C=O) groups is 4. The van der Waals surface area contributed by atoms with Crippen LogP contribution in [0.3, 0.4) is 0 Å². The average molecular weight is 554 g/mol. The fourth-order valence-electron chi connectivity index (χ4n) is 3.26. The molecule has 1 aliphatic heterocycles. The molecule has 1 aromatic rings. The van der Waals surface area contributed by atoms with E-state index in [-0.39, 0.29) is 41.3 Å². The number of aliphatic hydroxyl groups excluding tert-OH is 1. The van der Waals surface area contributed by atoms with E-state index in [0.717, 1.165) is 0 Å². The van der Waals surface area contributed by atoms with Crippen LogP contribution in [-0.2, 0) is 25.7 Å². The Balaban J connectivity index is 2.23. The van der Waals surface area contributed by atoms with Gasteiger partial charge in [0.1, 0.15) is 29.1 Å². The number of esters is 1. The number of rotatable bonds is 7. The molecule has 1 aromatic heterocycles. The van der Waals surface area contributed by atoms with E-state index in [1.165, 1.54) is 29.2 Å². The average Bonchev–Trinajstić information content (AvgIpc) is 3.32. The lowest BCUT2D eigenvalue weighted by molar-refractivity contribution is -0.152. The zero-order valence-electron chi connectivity index (χ0n) is 21.2. The molecule has 0 aromatic carbocycles. The summed E-state index contributed by atoms with van der Waals surface area (Å²) >= 11 is 2.39. The third kappa shape index (κ3) is 10.4. The number of amides is 2. The van der Waals surface area contributed by atoms with Crippen LogP contribution < -0.4 is 21.7 Å². The van der Waals surface area contributed by atoms with E-state index in [2.05, 4.69) is 20.9 Å². The lowest BCUT2D eigenvalue weighted by Gasteiger charge is -2.27. The molecule has 3 atom stereocenters. The van der Waals surface area contributed by atoms with E-state index < -0.39 is 30.3 Å². The summed E-state index contributed by atoms with van der Waals surface area (Å²) in [7, 11) is 0. The first kappa shape index (κ1) is 30.6. The molecule has 6 N–H and O–H groups in total. The Labute approximate surface area is 224 Å². The number of nitrogens with zero attached hydrogens (tertiary/aromatic N) is 1. The van der Waals surface area contributed by atoms with Gasteiger partial charge in [-0.2, -0.15) is 0 Å². The number of hydrogen-bond donors (Lipinski definition) is 5. The number of allylic oxidation sites excluding steroid dienone is 2. The second-order valence-electron chi connectivity index (χ2n) is 8.55. The van der Waals surface area contributed by atoms with E-state index in [9.17, 15) is 24.3 Å². The molecular weight excluding hydrogens is 518 g/mol. The summed E-state index contributed by atoms with van der Waals surface area (Å²) in [4.78, 5) is 54.1. The van der Waals surface area contributed by atoms with Crippen LogP contribution in [0.2, 0.25) is 0 Å². The van der Waals surface area contributed by atoms with Gasteiger partial charge in [-0.1, -0.05) is 37.8 Å². The SMILES string of the molecule is CC=C1NC(=O)c2csc(n2)CNC(=O)CC(C=CCCSC(=O)CCN)OC(=O)C(C(C)C)NC1O. The normalized spacial score (nSPS) is 23.2. The van der Waals surface area contributed by atoms with Gasteiger partial charge in [-0.3, -0.25) is 24.5 Å². The molecule has 13 heteroatoms. The summed E-state index contributed by atoms with van der Waals surface area (Å²) < 4.78 is 5.66. The van der Waals surface area contributed by atoms with Gasteiger partial charge in [0.15, 0.2) is 5.12 Å². The van der Waals surface area contributed by atoms with Gasteiger partial charge in [0.2, 0.25) is 5.91 Å². The molecule has 3 unspecified atom stereocenters. The highest BCUT2D eigenvalue weighted by atomic mass is 32.2. The van der Waals surface area contributed by atoms with Crippen LogP contribution in [0.4, 0.5) is 0 Å². The van der Waals surface area contributed by atoms with Crippen molar-refractivity contribution in [2.24, 2.45) is 11.7 Å². The van der Waals surface area contributed by atoms with Crippen LogP contribution in [0.25, 0.3) is 0 Å². The standard InChI is InChI=1S/C24H35N5O6S2/c1-4-16-22(32)29-21(14(2)3)24(34)35-15(7-5-6-10-36-20(31)8-9-25)11-18(30)26-12-19-27-17(13-37-19)23(33)28-16/h4-5,7,13-15,21-22,29,32H,6,8-12,25H2,1-3H3,(H,26,30)(H,28,33). The first-order valence-electron chi connectivity index (χ1n) is 12.0. The second kappa shape index (κ2) is 15.6. The molecule has 0 saturated carbocycles. The van der Waals surface area contributed by atoms with Crippen molar-refractivity contribution < 1.29 is 29.0 Å². The van der Waals surface area contributed by atoms with E-state index in [1.54, 1.807) is 38.3 Å². The number of hydrogen-bond acceptors (Lipinski definition) is 11. The van der Waals surface area contributed by atoms with Crippen molar-refractivity contribution in [3.8, 4) is 0 Å². The summed E-state index contributed by atoms with van der Waals surface area (Å²) in [6.07, 6.45) is 3.40. The number of carbonyl (C=O) groups excluding carboxylic acids is 4. The third-order valence-corrected chi connectivity index (χ3v) is 7.06. The molecule has 37 heavy (non-hydrogen) atoms. The first-order valence-corrected chi connectivity index (χ1v) is 13.9. The van der Waals surface area contributed by atoms with E-state index >= 15 is 0 Å². The van der Waals surface area contributed by atoms with Gasteiger partial charge in [0.25, 0.3) is 5.91 Å². The van der Waals surface area contributed by atoms with Gasteiger partial charge in [0.05, 0.1) is 18.7 Å². The highest BCUT2D eigenvalue weighted by Crippen LogP contribution is 2.15. The first-order chi connectivity index (χ1) is 17.6. The fourth-order valence-corrected chi connectivity index (χ4v) is 4.72. The van der Waals surface area contributed by atoms with Crippen molar-refractivity contribution in [2.45, 2.75) is 65.0 Å². The van der Waals surface area contributed by atoms with Crippen LogP contribution in [0, 0.1) is 5.92 Å². The Morgan fingerprint density at radius 1 is 1.38 bits per heavy atom. The molecule has 2 bridgehead atoms. The molecule has 0 radical (unpaired) electrons. The minimum Gasteiger partial charge on any atom is -0.456 e. The molecule has 204 valence electrons. The smallest absolute Gasteiger partial charge is 0.324 e. The van der Waals surface area contributed by atoms with Gasteiger partial charge in [-0.05, 0) is 25.3 Å². The van der Waals surface area contributed by atoms with Crippen molar-refractivity contribution in [3.05, 3.63) is 40.0 Å². The summed E-state index contributed by atoms with van der Waals surface area (Å²) in [6, 6.07) is -0.927. The predicted octanol–water partition coefficient (Wildman–Crippen LogP) is 1.20. The van der Waals surface area contributed by atoms with Crippen molar-refractivity contribution in [3.63, 3.8) is 0 Å². The molecule has 1 aliphatic rings. The van der Waals surface area contributed by atoms with Crippen LogP contribution in [0.5, 0.6) is 0 Å². The summed E-state index contributed by atoms with van der Waals surface area (Å²) in [5, 5.41) is 21.0. The maximum atomic E-state index is 13.1. The van der Waals surface area contributed by atoms with Crippen LogP contribution in [-0.4, -0.2) is 63.7 Å². The Kier molecular flexibility index (Phi) is 12.9. The Morgan fingerprint density at radius 2 is 2.14 bits per heavy atom. The molecule has 2 amide bonds. The largest absolute Gasteiger partial charge is 0.456 e. The Bertz CT molecular complexity index is 1010. The van der Waals surface area contributed by atoms with Gasteiger partial charge in [0, 0.05) is 24.1 Å². The number of thiazole rings is 1. The number of aliphatic hydroxyl groups is 1. The van der Waals surface area contributed by atoms with Crippen molar-refractivity contribution in [1.29, 1.82) is 0 Å². The maximum absolute atomic E-state index is 13.1. The zero-order valence-corrected chi connectivity index (χ0v) is 22.8. The minimum absolute atomic E-state index is 0.0119. The summed E-state index contributed by atoms with van der Waals surface area (Å²) in [5.41, 5.74) is 5.70. The molecule has 11 nitrogen and oxygen atoms in total. The van der Waals surface area contributed by atoms with Crippen LogP contribution in [0.15, 0.2) is 29.3 Å². The number of cyclic esters (lactones) is 1. The summed E-state index contributed by atoms with van der Waals surface area (Å²) in [5.74, 6) is -1.28. The predicted molar refractivity (Wildman–Crippen MR) is 142 cm³/mol. The number of aromatic nitrogens is 1. The number of thioether (sulfide) groups is 1. The number of nitrogens with one attached hydrogen (secondary N) is 3. The monoisotopic (exact) mass is 553 g/mol. The molecule has 2 heterocycles. The summed E-state index contributed by atoms with van der Waals surface area (Å²) in [6.45, 7) is 5.62. The molecule has 2 rings (SSSR count). The lowest BCUT2D eigenvalue weighted by atomic mass is 10.0. The number of nitrogens with two attached hydrogens (primary N) is 1. The Hall–Kier alpha value is -2.58. The van der Waals surface area contributed by atoms with Crippen LogP contribution >= 0.6 is 23.1 Å².